The molecule has 0 bridgehead atoms. The van der Waals surface area contributed by atoms with Gasteiger partial charge in [0.25, 0.3) is 0 Å². The van der Waals surface area contributed by atoms with Crippen LogP contribution in [0, 0.1) is 12.7 Å². The zero-order valence-corrected chi connectivity index (χ0v) is 24.2. The number of H-pyrrole nitrogens is 1. The first-order valence-electron chi connectivity index (χ1n) is 12.5. The van der Waals surface area contributed by atoms with E-state index in [2.05, 4.69) is 15.2 Å². The van der Waals surface area contributed by atoms with Crippen LogP contribution in [0.15, 0.2) is 42.6 Å². The highest BCUT2D eigenvalue weighted by atomic mass is 32.2. The van der Waals surface area contributed by atoms with Gasteiger partial charge in [0.1, 0.15) is 5.82 Å². The number of hydrogen-bond donors (Lipinski definition) is 1. The van der Waals surface area contributed by atoms with Crippen molar-refractivity contribution in [2.75, 3.05) is 18.2 Å². The smallest absolute Gasteiger partial charge is 0.312 e. The number of sulfone groups is 1. The van der Waals surface area contributed by atoms with Gasteiger partial charge in [-0.15, -0.1) is 0 Å². The van der Waals surface area contributed by atoms with Gasteiger partial charge >= 0.3 is 12.4 Å². The van der Waals surface area contributed by atoms with Gasteiger partial charge < -0.3 is 4.90 Å². The van der Waals surface area contributed by atoms with E-state index in [4.69, 9.17) is 0 Å². The predicted octanol–water partition coefficient (Wildman–Crippen LogP) is 6.60. The van der Waals surface area contributed by atoms with Crippen LogP contribution in [-0.2, 0) is 38.2 Å². The fraction of sp³-hybridized carbons (Fsp3) is 0.321. The first kappa shape index (κ1) is 31.9. The molecule has 0 radical (unpaired) electrons. The number of fused-ring (bicyclic) bond motifs is 1. The maximum atomic E-state index is 14.1. The predicted molar refractivity (Wildman–Crippen MR) is 145 cm³/mol. The number of anilines is 1. The molecule has 2 heterocycles. The summed E-state index contributed by atoms with van der Waals surface area (Å²) in [5, 5.41) is 6.89. The van der Waals surface area contributed by atoms with E-state index in [-0.39, 0.29) is 28.7 Å². The zero-order chi connectivity index (χ0) is 32.3. The van der Waals surface area contributed by atoms with Gasteiger partial charge in [0.15, 0.2) is 15.5 Å². The molecule has 7 nitrogen and oxygen atoms in total. The minimum atomic E-state index is -5.15. The molecule has 2 aromatic heterocycles. The number of amides is 1. The number of nitrogens with one attached hydrogen (secondary N) is 1. The second kappa shape index (κ2) is 10.6. The molecule has 0 aliphatic heterocycles. The Morgan fingerprint density at radius 3 is 2.02 bits per heavy atom. The van der Waals surface area contributed by atoms with Crippen molar-refractivity contribution in [3.8, 4) is 11.1 Å². The van der Waals surface area contributed by atoms with Crippen molar-refractivity contribution in [1.82, 2.24) is 15.2 Å². The Kier molecular flexibility index (Phi) is 7.88. The number of carbonyl (C=O) groups excluding carboxylic acids is 1. The Bertz CT molecular complexity index is 1810. The fourth-order valence-corrected chi connectivity index (χ4v) is 5.56. The molecule has 0 saturated heterocycles. The van der Waals surface area contributed by atoms with Gasteiger partial charge in [-0.2, -0.15) is 31.4 Å². The molecule has 230 valence electrons. The van der Waals surface area contributed by atoms with Crippen molar-refractivity contribution in [3.05, 3.63) is 76.4 Å². The third kappa shape index (κ3) is 6.36. The second-order valence-electron chi connectivity index (χ2n) is 10.7. The van der Waals surface area contributed by atoms with Crippen LogP contribution in [0.25, 0.3) is 22.2 Å². The van der Waals surface area contributed by atoms with Gasteiger partial charge in [0, 0.05) is 24.3 Å². The van der Waals surface area contributed by atoms with Crippen molar-refractivity contribution in [2.45, 2.75) is 44.3 Å². The molecule has 0 saturated carbocycles. The lowest BCUT2D eigenvalue weighted by Crippen LogP contribution is -2.42. The van der Waals surface area contributed by atoms with Crippen molar-refractivity contribution >= 4 is 32.5 Å². The summed E-state index contributed by atoms with van der Waals surface area (Å²) in [6.07, 6.45) is -8.02. The van der Waals surface area contributed by atoms with Crippen LogP contribution in [0.2, 0.25) is 0 Å². The minimum Gasteiger partial charge on any atom is -0.312 e. The summed E-state index contributed by atoms with van der Waals surface area (Å²) in [6.45, 7) is 3.88. The number of aromatic nitrogens is 3. The number of aryl methyl sites for hydroxylation is 1. The Morgan fingerprint density at radius 1 is 0.953 bits per heavy atom. The van der Waals surface area contributed by atoms with E-state index in [1.54, 1.807) is 6.92 Å². The van der Waals surface area contributed by atoms with Gasteiger partial charge in [-0.1, -0.05) is 6.07 Å². The average molecular weight is 631 g/mol. The van der Waals surface area contributed by atoms with Crippen molar-refractivity contribution in [1.29, 1.82) is 0 Å². The summed E-state index contributed by atoms with van der Waals surface area (Å²) in [6, 6.07) is 4.65. The number of nitrogens with zero attached hydrogens (tertiary/aromatic N) is 3. The summed E-state index contributed by atoms with van der Waals surface area (Å²) < 4.78 is 121. The van der Waals surface area contributed by atoms with Crippen LogP contribution in [-0.4, -0.2) is 42.8 Å². The average Bonchev–Trinajstić information content (AvgIpc) is 3.33. The molecule has 43 heavy (non-hydrogen) atoms. The number of hydrogen-bond acceptors (Lipinski definition) is 5. The summed E-state index contributed by atoms with van der Waals surface area (Å²) in [5.74, 6) is -2.24. The molecule has 0 atom stereocenters. The van der Waals surface area contributed by atoms with E-state index in [0.29, 0.717) is 28.6 Å². The van der Waals surface area contributed by atoms with Crippen molar-refractivity contribution in [3.63, 3.8) is 0 Å². The number of likely N-dealkylation sites (N-methyl/N-ethyl adjacent to an activating group) is 1. The maximum absolute atomic E-state index is 14.1. The van der Waals surface area contributed by atoms with Gasteiger partial charge in [-0.25, -0.2) is 17.8 Å². The number of carbonyl (C=O) groups is 1. The molecular weight excluding hydrogens is 605 g/mol. The third-order valence-corrected chi connectivity index (χ3v) is 7.78. The van der Waals surface area contributed by atoms with E-state index in [0.717, 1.165) is 31.1 Å². The molecule has 1 N–H and O–H groups in total. The number of alkyl halides is 6. The standard InChI is InChI=1S/C28H25F7N4O3S/c1-14-8-18(29)6-7-19(14)22-20-12-36-38-24(20)37-21(13-43(5,41)42)23(22)39(4)25(40)26(2,3)15-9-16(27(30,31)32)11-17(10-15)28(33,34)35/h6-12H,13H2,1-5H3,(H,36,37,38). The van der Waals surface area contributed by atoms with E-state index < -0.39 is 61.8 Å². The largest absolute Gasteiger partial charge is 0.416 e. The molecule has 4 aromatic rings. The Balaban J connectivity index is 2.01. The van der Waals surface area contributed by atoms with Crippen LogP contribution in [0.3, 0.4) is 0 Å². The van der Waals surface area contributed by atoms with E-state index in [1.807, 2.05) is 0 Å². The number of aromatic amines is 1. The number of rotatable bonds is 6. The quantitative estimate of drug-likeness (QED) is 0.243. The van der Waals surface area contributed by atoms with E-state index in [9.17, 15) is 43.9 Å². The Morgan fingerprint density at radius 2 is 1.51 bits per heavy atom. The number of pyridine rings is 1. The molecule has 0 spiro atoms. The first-order chi connectivity index (χ1) is 19.6. The van der Waals surface area contributed by atoms with Gasteiger partial charge in [-0.3, -0.25) is 9.89 Å². The van der Waals surface area contributed by atoms with Crippen LogP contribution in [0.5, 0.6) is 0 Å². The van der Waals surface area contributed by atoms with Gasteiger partial charge in [0.05, 0.1) is 39.9 Å². The second-order valence-corrected chi connectivity index (χ2v) is 12.9. The van der Waals surface area contributed by atoms with Crippen LogP contribution in [0.1, 0.15) is 41.8 Å². The lowest BCUT2D eigenvalue weighted by atomic mass is 9.81. The topological polar surface area (TPSA) is 96.0 Å². The van der Waals surface area contributed by atoms with Crippen molar-refractivity contribution in [2.24, 2.45) is 0 Å². The Hall–Kier alpha value is -4.01. The van der Waals surface area contributed by atoms with Crippen LogP contribution in [0.4, 0.5) is 36.4 Å². The molecule has 0 aliphatic rings. The molecular formula is C28H25F7N4O3S. The fourth-order valence-electron chi connectivity index (χ4n) is 4.86. The SMILES string of the molecule is Cc1cc(F)ccc1-c1c(N(C)C(=O)C(C)(C)c2cc(C(F)(F)F)cc(C(F)(F)F)c2)c(CS(C)(=O)=O)nc2[nH]ncc12. The molecule has 0 unspecified atom stereocenters. The Labute approximate surface area is 241 Å². The van der Waals surface area contributed by atoms with E-state index >= 15 is 0 Å². The molecule has 2 aromatic carbocycles. The normalized spacial score (nSPS) is 13.0. The van der Waals surface area contributed by atoms with E-state index in [1.165, 1.54) is 25.4 Å². The maximum Gasteiger partial charge on any atom is 0.416 e. The zero-order valence-electron chi connectivity index (χ0n) is 23.4. The molecule has 1 amide bonds. The highest BCUT2D eigenvalue weighted by Gasteiger charge is 2.42. The minimum absolute atomic E-state index is 0.0375. The summed E-state index contributed by atoms with van der Waals surface area (Å²) in [4.78, 5) is 19.4. The molecule has 15 heteroatoms. The highest BCUT2D eigenvalue weighted by Crippen LogP contribution is 2.43. The van der Waals surface area contributed by atoms with Gasteiger partial charge in [-0.05, 0) is 67.8 Å². The lowest BCUT2D eigenvalue weighted by molar-refractivity contribution is -0.143. The third-order valence-electron chi connectivity index (χ3n) is 6.99. The highest BCUT2D eigenvalue weighted by molar-refractivity contribution is 7.89. The molecule has 0 fully saturated rings. The lowest BCUT2D eigenvalue weighted by Gasteiger charge is -2.33. The van der Waals surface area contributed by atoms with Crippen LogP contribution >= 0.6 is 0 Å². The number of benzene rings is 2. The summed E-state index contributed by atoms with van der Waals surface area (Å²) >= 11 is 0. The van der Waals surface area contributed by atoms with Gasteiger partial charge in [0.2, 0.25) is 5.91 Å². The molecule has 0 aliphatic carbocycles. The summed E-state index contributed by atoms with van der Waals surface area (Å²) in [5.41, 5.74) is -4.92. The van der Waals surface area contributed by atoms with Crippen LogP contribution < -0.4 is 4.90 Å². The monoisotopic (exact) mass is 630 g/mol. The molecule has 4 rings (SSSR count). The first-order valence-corrected chi connectivity index (χ1v) is 14.6. The number of halogens is 7. The van der Waals surface area contributed by atoms with Crippen molar-refractivity contribution < 1.29 is 43.9 Å². The summed E-state index contributed by atoms with van der Waals surface area (Å²) in [7, 11) is -2.60.